The van der Waals surface area contributed by atoms with E-state index in [-0.39, 0.29) is 5.41 Å². The van der Waals surface area contributed by atoms with Gasteiger partial charge in [-0.3, -0.25) is 5.43 Å². The molecule has 3 N–H and O–H groups in total. The molecule has 0 bridgehead atoms. The maximum atomic E-state index is 5.53. The quantitative estimate of drug-likeness (QED) is 0.665. The Hall–Kier alpha value is -1.88. The number of rotatable bonds is 3. The van der Waals surface area contributed by atoms with Crippen molar-refractivity contribution in [2.75, 3.05) is 11.2 Å². The molecule has 0 aliphatic rings. The number of hydrogen-bond donors (Lipinski definition) is 2. The SMILES string of the molecule is CC(C)(C)c1ccc(C=NNc2nc(N)cs2)cc1. The predicted octanol–water partition coefficient (Wildman–Crippen LogP) is 3.47. The van der Waals surface area contributed by atoms with Crippen molar-refractivity contribution in [3.63, 3.8) is 0 Å². The Labute approximate surface area is 117 Å². The van der Waals surface area contributed by atoms with Gasteiger partial charge in [0.2, 0.25) is 5.13 Å². The number of nitrogens with zero attached hydrogens (tertiary/aromatic N) is 2. The minimum atomic E-state index is 0.173. The van der Waals surface area contributed by atoms with Crippen molar-refractivity contribution in [3.8, 4) is 0 Å². The van der Waals surface area contributed by atoms with E-state index in [1.807, 2.05) is 0 Å². The highest BCUT2D eigenvalue weighted by Crippen LogP contribution is 2.21. The van der Waals surface area contributed by atoms with Gasteiger partial charge in [-0.2, -0.15) is 5.10 Å². The first-order valence-electron chi connectivity index (χ1n) is 6.06. The van der Waals surface area contributed by atoms with E-state index in [0.717, 1.165) is 5.56 Å². The molecule has 19 heavy (non-hydrogen) atoms. The van der Waals surface area contributed by atoms with Crippen LogP contribution in [0.15, 0.2) is 34.7 Å². The van der Waals surface area contributed by atoms with Crippen molar-refractivity contribution in [2.45, 2.75) is 26.2 Å². The van der Waals surface area contributed by atoms with E-state index >= 15 is 0 Å². The lowest BCUT2D eigenvalue weighted by molar-refractivity contribution is 0.590. The van der Waals surface area contributed by atoms with Crippen LogP contribution in [0.2, 0.25) is 0 Å². The number of nitrogens with one attached hydrogen (secondary N) is 1. The molecule has 0 amide bonds. The van der Waals surface area contributed by atoms with Gasteiger partial charge in [0.25, 0.3) is 0 Å². The Morgan fingerprint density at radius 1 is 1.26 bits per heavy atom. The molecule has 2 aromatic rings. The first-order chi connectivity index (χ1) is 8.95. The van der Waals surface area contributed by atoms with Gasteiger partial charge in [0.1, 0.15) is 5.82 Å². The molecule has 1 heterocycles. The van der Waals surface area contributed by atoms with E-state index in [1.165, 1.54) is 16.9 Å². The van der Waals surface area contributed by atoms with Crippen LogP contribution in [-0.4, -0.2) is 11.2 Å². The molecule has 0 fully saturated rings. The molecule has 0 unspecified atom stereocenters. The molecule has 0 aliphatic carbocycles. The molecule has 0 saturated carbocycles. The summed E-state index contributed by atoms with van der Waals surface area (Å²) in [5.41, 5.74) is 10.9. The summed E-state index contributed by atoms with van der Waals surface area (Å²) in [6.07, 6.45) is 1.77. The zero-order valence-corrected chi connectivity index (χ0v) is 12.2. The normalized spacial score (nSPS) is 11.9. The number of hydrazone groups is 1. The topological polar surface area (TPSA) is 63.3 Å². The van der Waals surface area contributed by atoms with Crippen LogP contribution >= 0.6 is 11.3 Å². The molecule has 4 nitrogen and oxygen atoms in total. The molecule has 5 heteroatoms. The minimum absolute atomic E-state index is 0.173. The fraction of sp³-hybridized carbons (Fsp3) is 0.286. The van der Waals surface area contributed by atoms with Gasteiger partial charge in [-0.15, -0.1) is 11.3 Å². The molecular formula is C14H18N4S. The zero-order valence-electron chi connectivity index (χ0n) is 11.3. The third kappa shape index (κ3) is 3.79. The fourth-order valence-corrected chi connectivity index (χ4v) is 2.12. The van der Waals surface area contributed by atoms with E-state index in [4.69, 9.17) is 5.73 Å². The van der Waals surface area contributed by atoms with Crippen LogP contribution in [0.5, 0.6) is 0 Å². The van der Waals surface area contributed by atoms with Gasteiger partial charge in [0, 0.05) is 5.38 Å². The monoisotopic (exact) mass is 274 g/mol. The number of thiazole rings is 1. The summed E-state index contributed by atoms with van der Waals surface area (Å²) in [6, 6.07) is 8.37. The maximum Gasteiger partial charge on any atom is 0.205 e. The largest absolute Gasteiger partial charge is 0.383 e. The summed E-state index contributed by atoms with van der Waals surface area (Å²) in [6.45, 7) is 6.60. The third-order valence-electron chi connectivity index (χ3n) is 2.67. The van der Waals surface area contributed by atoms with E-state index in [1.54, 1.807) is 11.6 Å². The van der Waals surface area contributed by atoms with Crippen LogP contribution in [-0.2, 0) is 5.41 Å². The van der Waals surface area contributed by atoms with Crippen LogP contribution in [0.4, 0.5) is 10.9 Å². The highest BCUT2D eigenvalue weighted by Gasteiger charge is 2.12. The zero-order chi connectivity index (χ0) is 13.9. The molecule has 0 atom stereocenters. The second-order valence-corrected chi connectivity index (χ2v) is 6.18. The maximum absolute atomic E-state index is 5.53. The van der Waals surface area contributed by atoms with Crippen molar-refractivity contribution >= 4 is 28.5 Å². The third-order valence-corrected chi connectivity index (χ3v) is 3.44. The average molecular weight is 274 g/mol. The van der Waals surface area contributed by atoms with Crippen molar-refractivity contribution in [3.05, 3.63) is 40.8 Å². The summed E-state index contributed by atoms with van der Waals surface area (Å²) in [4.78, 5) is 4.06. The molecule has 0 aliphatic heterocycles. The average Bonchev–Trinajstić information content (AvgIpc) is 2.75. The van der Waals surface area contributed by atoms with Gasteiger partial charge >= 0.3 is 0 Å². The Morgan fingerprint density at radius 3 is 2.47 bits per heavy atom. The van der Waals surface area contributed by atoms with E-state index < -0.39 is 0 Å². The lowest BCUT2D eigenvalue weighted by Gasteiger charge is -2.18. The van der Waals surface area contributed by atoms with Gasteiger partial charge in [0.15, 0.2) is 0 Å². The summed E-state index contributed by atoms with van der Waals surface area (Å²) in [5.74, 6) is 0.511. The Balaban J connectivity index is 1.99. The molecular weight excluding hydrogens is 256 g/mol. The van der Waals surface area contributed by atoms with Crippen molar-refractivity contribution in [1.82, 2.24) is 4.98 Å². The van der Waals surface area contributed by atoms with Crippen LogP contribution in [0, 0.1) is 0 Å². The molecule has 0 saturated heterocycles. The summed E-state index contributed by atoms with van der Waals surface area (Å²) in [7, 11) is 0. The minimum Gasteiger partial charge on any atom is -0.383 e. The predicted molar refractivity (Wildman–Crippen MR) is 82.9 cm³/mol. The Bertz CT molecular complexity index is 564. The molecule has 1 aromatic carbocycles. The second-order valence-electron chi connectivity index (χ2n) is 5.32. The highest BCUT2D eigenvalue weighted by atomic mass is 32.1. The number of benzene rings is 1. The number of aromatic nitrogens is 1. The van der Waals surface area contributed by atoms with E-state index in [0.29, 0.717) is 10.9 Å². The van der Waals surface area contributed by atoms with E-state index in [2.05, 4.69) is 60.5 Å². The number of nitrogens with two attached hydrogens (primary N) is 1. The first-order valence-corrected chi connectivity index (χ1v) is 6.94. The summed E-state index contributed by atoms with van der Waals surface area (Å²) < 4.78 is 0. The van der Waals surface area contributed by atoms with Gasteiger partial charge in [0.05, 0.1) is 6.21 Å². The molecule has 2 rings (SSSR count). The number of nitrogen functional groups attached to an aromatic ring is 1. The van der Waals surface area contributed by atoms with Gasteiger partial charge in [-0.05, 0) is 16.5 Å². The van der Waals surface area contributed by atoms with Crippen LogP contribution in [0.1, 0.15) is 31.9 Å². The second kappa shape index (κ2) is 5.40. The summed E-state index contributed by atoms with van der Waals surface area (Å²) in [5, 5.41) is 6.60. The van der Waals surface area contributed by atoms with Crippen molar-refractivity contribution < 1.29 is 0 Å². The van der Waals surface area contributed by atoms with Crippen LogP contribution in [0.3, 0.4) is 0 Å². The summed E-state index contributed by atoms with van der Waals surface area (Å²) >= 11 is 1.43. The Kier molecular flexibility index (Phi) is 3.85. The highest BCUT2D eigenvalue weighted by molar-refractivity contribution is 7.14. The smallest absolute Gasteiger partial charge is 0.205 e. The molecule has 0 radical (unpaired) electrons. The molecule has 1 aromatic heterocycles. The number of anilines is 2. The standard InChI is InChI=1S/C14H18N4S/c1-14(2,3)11-6-4-10(5-7-11)8-16-18-13-17-12(15)9-19-13/h4-9H,15H2,1-3H3,(H,17,18). The van der Waals surface area contributed by atoms with Crippen LogP contribution in [0.25, 0.3) is 0 Å². The van der Waals surface area contributed by atoms with Gasteiger partial charge < -0.3 is 5.73 Å². The van der Waals surface area contributed by atoms with Crippen LogP contribution < -0.4 is 11.2 Å². The van der Waals surface area contributed by atoms with E-state index in [9.17, 15) is 0 Å². The lowest BCUT2D eigenvalue weighted by atomic mass is 9.87. The Morgan fingerprint density at radius 2 is 1.95 bits per heavy atom. The lowest BCUT2D eigenvalue weighted by Crippen LogP contribution is -2.10. The van der Waals surface area contributed by atoms with Crippen molar-refractivity contribution in [2.24, 2.45) is 5.10 Å². The number of hydrogen-bond acceptors (Lipinski definition) is 5. The molecule has 100 valence electrons. The fourth-order valence-electron chi connectivity index (χ4n) is 1.57. The van der Waals surface area contributed by atoms with Gasteiger partial charge in [-0.1, -0.05) is 45.0 Å². The molecule has 0 spiro atoms. The van der Waals surface area contributed by atoms with Crippen molar-refractivity contribution in [1.29, 1.82) is 0 Å². The first kappa shape index (κ1) is 13.5. The van der Waals surface area contributed by atoms with Gasteiger partial charge in [-0.25, -0.2) is 4.98 Å².